The fourth-order valence-electron chi connectivity index (χ4n) is 1.66. The Bertz CT molecular complexity index is 342. The molecule has 0 heterocycles. The number of hydrogen-bond acceptors (Lipinski definition) is 3. The molecule has 0 bridgehead atoms. The standard InChI is InChI=1S/C13H21FN2O/c1-10(15)4-3-7-16-9-11-8-12(14)5-6-13(11)17-2/h5-6,8,10,16H,3-4,7,9,15H2,1-2H3. The molecule has 0 saturated carbocycles. The fourth-order valence-corrected chi connectivity index (χ4v) is 1.66. The summed E-state index contributed by atoms with van der Waals surface area (Å²) in [5.74, 6) is 0.476. The van der Waals surface area contributed by atoms with E-state index in [1.807, 2.05) is 6.92 Å². The minimum Gasteiger partial charge on any atom is -0.496 e. The molecular formula is C13H21FN2O. The molecule has 1 unspecified atom stereocenters. The van der Waals surface area contributed by atoms with Gasteiger partial charge in [0.1, 0.15) is 11.6 Å². The zero-order valence-corrected chi connectivity index (χ0v) is 10.5. The highest BCUT2D eigenvalue weighted by molar-refractivity contribution is 5.33. The maximum Gasteiger partial charge on any atom is 0.123 e. The van der Waals surface area contributed by atoms with E-state index >= 15 is 0 Å². The third-order valence-electron chi connectivity index (χ3n) is 2.57. The van der Waals surface area contributed by atoms with E-state index in [4.69, 9.17) is 10.5 Å². The van der Waals surface area contributed by atoms with Gasteiger partial charge >= 0.3 is 0 Å². The summed E-state index contributed by atoms with van der Waals surface area (Å²) in [7, 11) is 1.59. The van der Waals surface area contributed by atoms with Gasteiger partial charge in [-0.3, -0.25) is 0 Å². The van der Waals surface area contributed by atoms with Crippen molar-refractivity contribution >= 4 is 0 Å². The van der Waals surface area contributed by atoms with Crippen LogP contribution in [0.4, 0.5) is 4.39 Å². The molecule has 3 N–H and O–H groups in total. The molecule has 1 rings (SSSR count). The van der Waals surface area contributed by atoms with Gasteiger partial charge in [0, 0.05) is 18.2 Å². The van der Waals surface area contributed by atoms with Gasteiger partial charge in [0.25, 0.3) is 0 Å². The second kappa shape index (κ2) is 7.25. The van der Waals surface area contributed by atoms with Crippen LogP contribution in [0.1, 0.15) is 25.3 Å². The molecule has 0 amide bonds. The Labute approximate surface area is 102 Å². The molecule has 1 aromatic carbocycles. The number of ether oxygens (including phenoxy) is 1. The normalized spacial score (nSPS) is 12.5. The first-order chi connectivity index (χ1) is 8.13. The van der Waals surface area contributed by atoms with Crippen LogP contribution >= 0.6 is 0 Å². The summed E-state index contributed by atoms with van der Waals surface area (Å²) >= 11 is 0. The van der Waals surface area contributed by atoms with E-state index in [0.29, 0.717) is 12.3 Å². The SMILES string of the molecule is COc1ccc(F)cc1CNCCCC(C)N. The molecule has 4 heteroatoms. The number of nitrogens with one attached hydrogen (secondary N) is 1. The molecule has 0 aliphatic rings. The fraction of sp³-hybridized carbons (Fsp3) is 0.538. The zero-order valence-electron chi connectivity index (χ0n) is 10.5. The molecule has 1 aromatic rings. The molecule has 1 atom stereocenters. The van der Waals surface area contributed by atoms with Crippen molar-refractivity contribution in [3.05, 3.63) is 29.6 Å². The number of nitrogens with two attached hydrogens (primary N) is 1. The predicted molar refractivity (Wildman–Crippen MR) is 67.5 cm³/mol. The molecule has 0 aliphatic carbocycles. The van der Waals surface area contributed by atoms with Crippen molar-refractivity contribution < 1.29 is 9.13 Å². The minimum atomic E-state index is -0.238. The third kappa shape index (κ3) is 5.15. The van der Waals surface area contributed by atoms with Gasteiger partial charge in [0.05, 0.1) is 7.11 Å². The Balaban J connectivity index is 2.37. The van der Waals surface area contributed by atoms with Crippen LogP contribution in [-0.2, 0) is 6.54 Å². The van der Waals surface area contributed by atoms with Crippen LogP contribution in [0.2, 0.25) is 0 Å². The van der Waals surface area contributed by atoms with E-state index in [1.54, 1.807) is 13.2 Å². The molecule has 96 valence electrons. The molecular weight excluding hydrogens is 219 g/mol. The topological polar surface area (TPSA) is 47.3 Å². The van der Waals surface area contributed by atoms with Crippen molar-refractivity contribution in [1.29, 1.82) is 0 Å². The summed E-state index contributed by atoms with van der Waals surface area (Å²) in [6.07, 6.45) is 2.02. The third-order valence-corrected chi connectivity index (χ3v) is 2.57. The molecule has 0 spiro atoms. The molecule has 0 aliphatic heterocycles. The Morgan fingerprint density at radius 1 is 1.47 bits per heavy atom. The smallest absolute Gasteiger partial charge is 0.123 e. The van der Waals surface area contributed by atoms with Crippen LogP contribution in [0.25, 0.3) is 0 Å². The average Bonchev–Trinajstić information content (AvgIpc) is 2.28. The minimum absolute atomic E-state index is 0.237. The van der Waals surface area contributed by atoms with E-state index in [0.717, 1.165) is 24.9 Å². The van der Waals surface area contributed by atoms with Crippen molar-refractivity contribution in [2.75, 3.05) is 13.7 Å². The molecule has 0 saturated heterocycles. The Morgan fingerprint density at radius 3 is 2.88 bits per heavy atom. The van der Waals surface area contributed by atoms with Crippen LogP contribution < -0.4 is 15.8 Å². The molecule has 0 radical (unpaired) electrons. The van der Waals surface area contributed by atoms with Crippen molar-refractivity contribution in [2.24, 2.45) is 5.73 Å². The summed E-state index contributed by atoms with van der Waals surface area (Å²) in [6, 6.07) is 4.78. The molecule has 0 aromatic heterocycles. The Hall–Kier alpha value is -1.13. The lowest BCUT2D eigenvalue weighted by Crippen LogP contribution is -2.20. The van der Waals surface area contributed by atoms with Crippen LogP contribution in [0, 0.1) is 5.82 Å². The van der Waals surface area contributed by atoms with Crippen LogP contribution in [-0.4, -0.2) is 19.7 Å². The summed E-state index contributed by atoms with van der Waals surface area (Å²) in [5.41, 5.74) is 6.49. The zero-order chi connectivity index (χ0) is 12.7. The summed E-state index contributed by atoms with van der Waals surface area (Å²) in [4.78, 5) is 0. The summed E-state index contributed by atoms with van der Waals surface area (Å²) in [6.45, 7) is 3.48. The number of benzene rings is 1. The van der Waals surface area contributed by atoms with Crippen molar-refractivity contribution in [3.8, 4) is 5.75 Å². The maximum absolute atomic E-state index is 13.1. The lowest BCUT2D eigenvalue weighted by atomic mass is 10.1. The van der Waals surface area contributed by atoms with Crippen molar-refractivity contribution in [3.63, 3.8) is 0 Å². The largest absolute Gasteiger partial charge is 0.496 e. The maximum atomic E-state index is 13.1. The quantitative estimate of drug-likeness (QED) is 0.717. The summed E-state index contributed by atoms with van der Waals surface area (Å²) in [5, 5.41) is 3.26. The number of methoxy groups -OCH3 is 1. The van der Waals surface area contributed by atoms with E-state index < -0.39 is 0 Å². The van der Waals surface area contributed by atoms with Gasteiger partial charge in [-0.15, -0.1) is 0 Å². The van der Waals surface area contributed by atoms with Crippen LogP contribution in [0.5, 0.6) is 5.75 Å². The van der Waals surface area contributed by atoms with Crippen LogP contribution in [0.3, 0.4) is 0 Å². The number of halogens is 1. The summed E-state index contributed by atoms with van der Waals surface area (Å²) < 4.78 is 18.2. The van der Waals surface area contributed by atoms with Crippen molar-refractivity contribution in [1.82, 2.24) is 5.32 Å². The highest BCUT2D eigenvalue weighted by Gasteiger charge is 2.04. The lowest BCUT2D eigenvalue weighted by molar-refractivity contribution is 0.406. The van der Waals surface area contributed by atoms with E-state index in [2.05, 4.69) is 5.32 Å². The molecule has 17 heavy (non-hydrogen) atoms. The first kappa shape index (κ1) is 13.9. The van der Waals surface area contributed by atoms with Gasteiger partial charge in [-0.05, 0) is 44.5 Å². The molecule has 3 nitrogen and oxygen atoms in total. The lowest BCUT2D eigenvalue weighted by Gasteiger charge is -2.10. The highest BCUT2D eigenvalue weighted by atomic mass is 19.1. The number of hydrogen-bond donors (Lipinski definition) is 2. The van der Waals surface area contributed by atoms with Gasteiger partial charge in [0.15, 0.2) is 0 Å². The van der Waals surface area contributed by atoms with E-state index in [9.17, 15) is 4.39 Å². The van der Waals surface area contributed by atoms with Gasteiger partial charge in [-0.25, -0.2) is 4.39 Å². The second-order valence-corrected chi connectivity index (χ2v) is 4.25. The predicted octanol–water partition coefficient (Wildman–Crippen LogP) is 2.05. The average molecular weight is 240 g/mol. The number of rotatable bonds is 7. The monoisotopic (exact) mass is 240 g/mol. The van der Waals surface area contributed by atoms with Crippen LogP contribution in [0.15, 0.2) is 18.2 Å². The van der Waals surface area contributed by atoms with Gasteiger partial charge in [-0.2, -0.15) is 0 Å². The highest BCUT2D eigenvalue weighted by Crippen LogP contribution is 2.18. The molecule has 0 fully saturated rings. The first-order valence-corrected chi connectivity index (χ1v) is 5.92. The van der Waals surface area contributed by atoms with E-state index in [-0.39, 0.29) is 11.9 Å². The first-order valence-electron chi connectivity index (χ1n) is 5.92. The van der Waals surface area contributed by atoms with Gasteiger partial charge in [0.2, 0.25) is 0 Å². The van der Waals surface area contributed by atoms with Gasteiger partial charge in [-0.1, -0.05) is 0 Å². The Kier molecular flexibility index (Phi) is 5.94. The van der Waals surface area contributed by atoms with E-state index in [1.165, 1.54) is 12.1 Å². The Morgan fingerprint density at radius 2 is 2.24 bits per heavy atom. The second-order valence-electron chi connectivity index (χ2n) is 4.25. The van der Waals surface area contributed by atoms with Crippen molar-refractivity contribution in [2.45, 2.75) is 32.4 Å². The van der Waals surface area contributed by atoms with Gasteiger partial charge < -0.3 is 15.8 Å².